The lowest BCUT2D eigenvalue weighted by Crippen LogP contribution is -2.24. The average Bonchev–Trinajstić information content (AvgIpc) is 2.70. The summed E-state index contributed by atoms with van der Waals surface area (Å²) < 4.78 is 26.0. The van der Waals surface area contributed by atoms with Crippen LogP contribution in [0.1, 0.15) is 20.3 Å². The summed E-state index contributed by atoms with van der Waals surface area (Å²) in [5.74, 6) is 0. The van der Waals surface area contributed by atoms with Gasteiger partial charge in [0.2, 0.25) is 10.0 Å². The normalized spacial score (nSPS) is 18.8. The van der Waals surface area contributed by atoms with E-state index in [9.17, 15) is 8.42 Å². The number of sulfonamides is 1. The van der Waals surface area contributed by atoms with Gasteiger partial charge < -0.3 is 10.6 Å². The van der Waals surface area contributed by atoms with Crippen LogP contribution in [0, 0.1) is 5.41 Å². The van der Waals surface area contributed by atoms with Crippen LogP contribution < -0.4 is 15.4 Å². The molecule has 0 saturated carbocycles. The zero-order chi connectivity index (χ0) is 14.3. The summed E-state index contributed by atoms with van der Waals surface area (Å²) in [7, 11) is -2.02. The molecule has 0 aromatic heterocycles. The van der Waals surface area contributed by atoms with E-state index in [1.165, 1.54) is 13.1 Å². The smallest absolute Gasteiger partial charge is 0.240 e. The fourth-order valence-corrected chi connectivity index (χ4v) is 3.15. The van der Waals surface area contributed by atoms with E-state index in [2.05, 4.69) is 23.5 Å². The van der Waals surface area contributed by atoms with E-state index in [0.717, 1.165) is 25.2 Å². The summed E-state index contributed by atoms with van der Waals surface area (Å²) in [5, 5.41) is 0. The summed E-state index contributed by atoms with van der Waals surface area (Å²) in [6, 6.07) is 4.85. The Labute approximate surface area is 114 Å². The molecule has 0 atom stereocenters. The predicted molar refractivity (Wildman–Crippen MR) is 77.7 cm³/mol. The van der Waals surface area contributed by atoms with Crippen LogP contribution in [0.15, 0.2) is 23.1 Å². The van der Waals surface area contributed by atoms with Gasteiger partial charge >= 0.3 is 0 Å². The Bertz CT molecular complexity index is 582. The lowest BCUT2D eigenvalue weighted by Gasteiger charge is -2.23. The largest absolute Gasteiger partial charge is 0.397 e. The minimum Gasteiger partial charge on any atom is -0.397 e. The van der Waals surface area contributed by atoms with Crippen molar-refractivity contribution in [3.8, 4) is 0 Å². The molecule has 1 saturated heterocycles. The molecular formula is C13H21N3O2S. The van der Waals surface area contributed by atoms with Crippen molar-refractivity contribution >= 4 is 21.4 Å². The van der Waals surface area contributed by atoms with Gasteiger partial charge in [-0.1, -0.05) is 13.8 Å². The number of nitrogens with one attached hydrogen (secondary N) is 1. The zero-order valence-electron chi connectivity index (χ0n) is 11.6. The van der Waals surface area contributed by atoms with Crippen LogP contribution in [-0.4, -0.2) is 28.6 Å². The quantitative estimate of drug-likeness (QED) is 0.823. The molecular weight excluding hydrogens is 262 g/mol. The van der Waals surface area contributed by atoms with Crippen LogP contribution >= 0.6 is 0 Å². The molecule has 0 radical (unpaired) electrons. The summed E-state index contributed by atoms with van der Waals surface area (Å²) in [6.07, 6.45) is 1.08. The number of nitrogens with two attached hydrogens (primary N) is 1. The number of benzene rings is 1. The van der Waals surface area contributed by atoms with Gasteiger partial charge in [0.25, 0.3) is 0 Å². The number of hydrogen-bond donors (Lipinski definition) is 2. The van der Waals surface area contributed by atoms with Crippen LogP contribution in [0.5, 0.6) is 0 Å². The van der Waals surface area contributed by atoms with E-state index in [0.29, 0.717) is 5.69 Å². The van der Waals surface area contributed by atoms with Crippen LogP contribution in [0.25, 0.3) is 0 Å². The average molecular weight is 283 g/mol. The Morgan fingerprint density at radius 1 is 1.37 bits per heavy atom. The van der Waals surface area contributed by atoms with E-state index in [1.54, 1.807) is 12.1 Å². The highest BCUT2D eigenvalue weighted by atomic mass is 32.2. The maximum Gasteiger partial charge on any atom is 0.240 e. The Kier molecular flexibility index (Phi) is 3.49. The van der Waals surface area contributed by atoms with Gasteiger partial charge in [0.15, 0.2) is 0 Å². The predicted octanol–water partition coefficient (Wildman–Crippen LogP) is 1.41. The van der Waals surface area contributed by atoms with Crippen LogP contribution in [0.2, 0.25) is 0 Å². The second-order valence-electron chi connectivity index (χ2n) is 5.76. The first kappa shape index (κ1) is 14.1. The molecule has 0 spiro atoms. The first-order chi connectivity index (χ1) is 8.75. The monoisotopic (exact) mass is 283 g/mol. The molecule has 5 nitrogen and oxygen atoms in total. The molecule has 1 aliphatic rings. The number of nitrogen functional groups attached to an aromatic ring is 1. The molecule has 1 aromatic carbocycles. The Balaban J connectivity index is 2.39. The Morgan fingerprint density at radius 2 is 2.05 bits per heavy atom. The molecule has 19 heavy (non-hydrogen) atoms. The van der Waals surface area contributed by atoms with E-state index in [-0.39, 0.29) is 10.3 Å². The van der Waals surface area contributed by atoms with Crippen LogP contribution in [0.3, 0.4) is 0 Å². The number of anilines is 2. The summed E-state index contributed by atoms with van der Waals surface area (Å²) in [6.45, 7) is 6.20. The van der Waals surface area contributed by atoms with Gasteiger partial charge in [-0.3, -0.25) is 0 Å². The molecule has 0 aliphatic carbocycles. The Morgan fingerprint density at radius 3 is 2.58 bits per heavy atom. The molecule has 2 rings (SSSR count). The molecule has 1 fully saturated rings. The number of rotatable bonds is 3. The first-order valence-electron chi connectivity index (χ1n) is 6.33. The van der Waals surface area contributed by atoms with Crippen LogP contribution in [-0.2, 0) is 10.0 Å². The maximum absolute atomic E-state index is 11.8. The van der Waals surface area contributed by atoms with Gasteiger partial charge in [0.05, 0.1) is 16.3 Å². The summed E-state index contributed by atoms with van der Waals surface area (Å²) >= 11 is 0. The third-order valence-corrected chi connectivity index (χ3v) is 5.01. The first-order valence-corrected chi connectivity index (χ1v) is 7.81. The highest BCUT2D eigenvalue weighted by Gasteiger charge is 2.30. The van der Waals surface area contributed by atoms with Crippen molar-refractivity contribution in [3.63, 3.8) is 0 Å². The highest BCUT2D eigenvalue weighted by Crippen LogP contribution is 2.36. The van der Waals surface area contributed by atoms with Crippen LogP contribution in [0.4, 0.5) is 11.4 Å². The van der Waals surface area contributed by atoms with Gasteiger partial charge in [-0.25, -0.2) is 13.1 Å². The topological polar surface area (TPSA) is 75.4 Å². The second kappa shape index (κ2) is 4.68. The summed E-state index contributed by atoms with van der Waals surface area (Å²) in [5.41, 5.74) is 7.65. The SMILES string of the molecule is CNS(=O)(=O)c1ccc(N)c(N2CCC(C)(C)C2)c1. The lowest BCUT2D eigenvalue weighted by molar-refractivity contribution is 0.418. The molecule has 106 valence electrons. The van der Waals surface area contributed by atoms with Crippen molar-refractivity contribution in [2.24, 2.45) is 5.41 Å². The number of nitrogens with zero attached hydrogens (tertiary/aromatic N) is 1. The van der Waals surface area contributed by atoms with Gasteiger partial charge in [-0.15, -0.1) is 0 Å². The van der Waals surface area contributed by atoms with Crippen molar-refractivity contribution in [1.82, 2.24) is 4.72 Å². The van der Waals surface area contributed by atoms with Crippen molar-refractivity contribution in [2.45, 2.75) is 25.2 Å². The highest BCUT2D eigenvalue weighted by molar-refractivity contribution is 7.89. The fraction of sp³-hybridized carbons (Fsp3) is 0.538. The molecule has 1 heterocycles. The molecule has 0 bridgehead atoms. The molecule has 1 aromatic rings. The van der Waals surface area contributed by atoms with Crippen molar-refractivity contribution < 1.29 is 8.42 Å². The molecule has 0 unspecified atom stereocenters. The van der Waals surface area contributed by atoms with Gasteiger partial charge in [0.1, 0.15) is 0 Å². The third-order valence-electron chi connectivity index (χ3n) is 3.60. The fourth-order valence-electron chi connectivity index (χ4n) is 2.40. The van der Waals surface area contributed by atoms with Crippen molar-refractivity contribution in [1.29, 1.82) is 0 Å². The van der Waals surface area contributed by atoms with E-state index < -0.39 is 10.0 Å². The minimum atomic E-state index is -3.43. The maximum atomic E-state index is 11.8. The van der Waals surface area contributed by atoms with E-state index in [1.807, 2.05) is 0 Å². The van der Waals surface area contributed by atoms with E-state index in [4.69, 9.17) is 5.73 Å². The zero-order valence-corrected chi connectivity index (χ0v) is 12.4. The van der Waals surface area contributed by atoms with E-state index >= 15 is 0 Å². The third kappa shape index (κ3) is 2.84. The number of hydrogen-bond acceptors (Lipinski definition) is 4. The van der Waals surface area contributed by atoms with Gasteiger partial charge in [0, 0.05) is 13.1 Å². The van der Waals surface area contributed by atoms with Crippen molar-refractivity contribution in [3.05, 3.63) is 18.2 Å². The summed E-state index contributed by atoms with van der Waals surface area (Å²) in [4.78, 5) is 2.41. The second-order valence-corrected chi connectivity index (χ2v) is 7.65. The standard InChI is InChI=1S/C13H21N3O2S/c1-13(2)6-7-16(9-13)12-8-10(4-5-11(12)14)19(17,18)15-3/h4-5,8,15H,6-7,9,14H2,1-3H3. The molecule has 3 N–H and O–H groups in total. The van der Waals surface area contributed by atoms with Gasteiger partial charge in [-0.2, -0.15) is 0 Å². The van der Waals surface area contributed by atoms with Gasteiger partial charge in [-0.05, 0) is 37.1 Å². The van der Waals surface area contributed by atoms with Crippen molar-refractivity contribution in [2.75, 3.05) is 30.8 Å². The minimum absolute atomic E-state index is 0.240. The molecule has 1 aliphatic heterocycles. The lowest BCUT2D eigenvalue weighted by atomic mass is 9.93. The Hall–Kier alpha value is -1.27. The molecule has 0 amide bonds. The molecule has 6 heteroatoms.